The second-order valence-electron chi connectivity index (χ2n) is 6.31. The van der Waals surface area contributed by atoms with Crippen LogP contribution >= 0.6 is 11.8 Å². The van der Waals surface area contributed by atoms with E-state index in [1.807, 2.05) is 4.90 Å². The van der Waals surface area contributed by atoms with Crippen LogP contribution < -0.4 is 0 Å². The fourth-order valence-corrected chi connectivity index (χ4v) is 4.78. The van der Waals surface area contributed by atoms with E-state index in [-0.39, 0.29) is 16.8 Å². The van der Waals surface area contributed by atoms with Gasteiger partial charge in [0.05, 0.1) is 10.9 Å². The van der Waals surface area contributed by atoms with Crippen molar-refractivity contribution in [1.29, 1.82) is 0 Å². The molecule has 2 aliphatic rings. The van der Waals surface area contributed by atoms with Gasteiger partial charge in [-0.15, -0.1) is 11.8 Å². The number of amides is 1. The topological polar surface area (TPSA) is 40.5 Å². The molecule has 114 valence electrons. The lowest BCUT2D eigenvalue weighted by molar-refractivity contribution is -0.133. The van der Waals surface area contributed by atoms with E-state index in [1.54, 1.807) is 11.8 Å². The number of carbonyl (C=O) groups excluding carboxylic acids is 1. The molecule has 1 aromatic rings. The maximum atomic E-state index is 13.0. The van der Waals surface area contributed by atoms with Crippen LogP contribution in [0.25, 0.3) is 0 Å². The molecule has 2 fully saturated rings. The zero-order valence-electron chi connectivity index (χ0n) is 12.5. The number of aliphatic hydroxyl groups excluding tert-OH is 1. The Labute approximate surface area is 130 Å². The lowest BCUT2D eigenvalue weighted by Gasteiger charge is -2.31. The lowest BCUT2D eigenvalue weighted by Crippen LogP contribution is -2.44. The molecule has 0 radical (unpaired) electrons. The Morgan fingerprint density at radius 3 is 2.52 bits per heavy atom. The number of aliphatic hydroxyl groups is 1. The van der Waals surface area contributed by atoms with Crippen LogP contribution in [0.2, 0.25) is 0 Å². The number of carbonyl (C=O) groups is 1. The minimum Gasteiger partial charge on any atom is -0.391 e. The third kappa shape index (κ3) is 3.11. The number of likely N-dealkylation sites (tertiary alicyclic amines) is 1. The van der Waals surface area contributed by atoms with Crippen molar-refractivity contribution in [2.24, 2.45) is 0 Å². The molecule has 21 heavy (non-hydrogen) atoms. The summed E-state index contributed by atoms with van der Waals surface area (Å²) >= 11 is 1.73. The van der Waals surface area contributed by atoms with Crippen molar-refractivity contribution in [3.63, 3.8) is 0 Å². The minimum absolute atomic E-state index is 0.238. The molecule has 1 aliphatic carbocycles. The molecule has 1 amide bonds. The molecule has 1 saturated heterocycles. The van der Waals surface area contributed by atoms with Crippen LogP contribution in [0.5, 0.6) is 0 Å². The van der Waals surface area contributed by atoms with E-state index in [0.717, 1.165) is 32.1 Å². The summed E-state index contributed by atoms with van der Waals surface area (Å²) in [5.74, 6) is 0.238. The average molecular weight is 305 g/mol. The van der Waals surface area contributed by atoms with Gasteiger partial charge in [-0.25, -0.2) is 0 Å². The van der Waals surface area contributed by atoms with Gasteiger partial charge in [0.15, 0.2) is 0 Å². The van der Waals surface area contributed by atoms with Crippen LogP contribution in [-0.4, -0.2) is 39.9 Å². The predicted octanol–water partition coefficient (Wildman–Crippen LogP) is 2.99. The molecule has 0 spiro atoms. The molecule has 0 aromatic heterocycles. The van der Waals surface area contributed by atoms with Crippen LogP contribution in [0.1, 0.15) is 37.7 Å². The van der Waals surface area contributed by atoms with Crippen molar-refractivity contribution < 1.29 is 9.90 Å². The second kappa shape index (κ2) is 6.01. The Balaban J connectivity index is 1.79. The van der Waals surface area contributed by atoms with Crippen molar-refractivity contribution in [1.82, 2.24) is 4.90 Å². The Morgan fingerprint density at radius 2 is 1.95 bits per heavy atom. The molecular formula is C17H23NO2S. The van der Waals surface area contributed by atoms with E-state index in [9.17, 15) is 9.90 Å². The molecular weight excluding hydrogens is 282 g/mol. The van der Waals surface area contributed by atoms with E-state index in [2.05, 4.69) is 31.2 Å². The normalized spacial score (nSPS) is 24.5. The SMILES string of the molecule is Cc1ccc(SC2(C(=O)N3CC[C@@H](O)C3)CCCC2)cc1. The number of hydrogen-bond acceptors (Lipinski definition) is 3. The number of aryl methyl sites for hydroxylation is 1. The second-order valence-corrected chi connectivity index (χ2v) is 7.77. The molecule has 4 heteroatoms. The zero-order chi connectivity index (χ0) is 14.9. The van der Waals surface area contributed by atoms with Gasteiger partial charge >= 0.3 is 0 Å². The van der Waals surface area contributed by atoms with Gasteiger partial charge in [0.1, 0.15) is 0 Å². The molecule has 1 aliphatic heterocycles. The third-order valence-corrected chi connectivity index (χ3v) is 6.07. The standard InChI is InChI=1S/C17H23NO2S/c1-13-4-6-15(7-5-13)21-17(9-2-3-10-17)16(20)18-11-8-14(19)12-18/h4-7,14,19H,2-3,8-12H2,1H3/t14-/m1/s1. The highest BCUT2D eigenvalue weighted by Crippen LogP contribution is 2.46. The first-order chi connectivity index (χ1) is 10.1. The summed E-state index contributed by atoms with van der Waals surface area (Å²) in [6.07, 6.45) is 4.55. The van der Waals surface area contributed by atoms with Crippen molar-refractivity contribution in [2.75, 3.05) is 13.1 Å². The van der Waals surface area contributed by atoms with Crippen LogP contribution in [0, 0.1) is 6.92 Å². The van der Waals surface area contributed by atoms with Crippen molar-refractivity contribution in [2.45, 2.75) is 54.8 Å². The fraction of sp³-hybridized carbons (Fsp3) is 0.588. The third-order valence-electron chi connectivity index (χ3n) is 4.59. The molecule has 1 atom stereocenters. The van der Waals surface area contributed by atoms with E-state index in [1.165, 1.54) is 10.5 Å². The molecule has 1 aromatic carbocycles. The van der Waals surface area contributed by atoms with Gasteiger partial charge in [0.25, 0.3) is 0 Å². The number of benzene rings is 1. The van der Waals surface area contributed by atoms with Crippen LogP contribution in [0.3, 0.4) is 0 Å². The summed E-state index contributed by atoms with van der Waals surface area (Å²) < 4.78 is -0.306. The van der Waals surface area contributed by atoms with Crippen LogP contribution in [0.4, 0.5) is 0 Å². The maximum absolute atomic E-state index is 13.0. The van der Waals surface area contributed by atoms with Gasteiger partial charge in [-0.3, -0.25) is 4.79 Å². The Hall–Kier alpha value is -1.00. The molecule has 1 N–H and O–H groups in total. The number of nitrogens with zero attached hydrogens (tertiary/aromatic N) is 1. The monoisotopic (exact) mass is 305 g/mol. The first kappa shape index (κ1) is 14.9. The summed E-state index contributed by atoms with van der Waals surface area (Å²) in [5.41, 5.74) is 1.24. The minimum atomic E-state index is -0.336. The van der Waals surface area contributed by atoms with E-state index >= 15 is 0 Å². The van der Waals surface area contributed by atoms with Gasteiger partial charge < -0.3 is 10.0 Å². The van der Waals surface area contributed by atoms with Gasteiger partial charge in [-0.05, 0) is 38.3 Å². The lowest BCUT2D eigenvalue weighted by atomic mass is 10.1. The Kier molecular flexibility index (Phi) is 4.27. The van der Waals surface area contributed by atoms with Crippen LogP contribution in [-0.2, 0) is 4.79 Å². The average Bonchev–Trinajstić information content (AvgIpc) is 3.11. The maximum Gasteiger partial charge on any atom is 0.239 e. The number of thioether (sulfide) groups is 1. The quantitative estimate of drug-likeness (QED) is 0.933. The van der Waals surface area contributed by atoms with Crippen molar-refractivity contribution in [3.05, 3.63) is 29.8 Å². The van der Waals surface area contributed by atoms with Gasteiger partial charge in [0, 0.05) is 18.0 Å². The first-order valence-corrected chi connectivity index (χ1v) is 8.64. The van der Waals surface area contributed by atoms with Crippen LogP contribution in [0.15, 0.2) is 29.2 Å². The molecule has 1 heterocycles. The zero-order valence-corrected chi connectivity index (χ0v) is 13.4. The molecule has 3 rings (SSSR count). The Morgan fingerprint density at radius 1 is 1.29 bits per heavy atom. The largest absolute Gasteiger partial charge is 0.391 e. The number of hydrogen-bond donors (Lipinski definition) is 1. The van der Waals surface area contributed by atoms with Crippen molar-refractivity contribution in [3.8, 4) is 0 Å². The summed E-state index contributed by atoms with van der Waals surface area (Å²) in [6.45, 7) is 3.29. The molecule has 1 saturated carbocycles. The summed E-state index contributed by atoms with van der Waals surface area (Å²) in [6, 6.07) is 8.45. The van der Waals surface area contributed by atoms with E-state index in [0.29, 0.717) is 13.1 Å². The van der Waals surface area contributed by atoms with E-state index in [4.69, 9.17) is 0 Å². The highest BCUT2D eigenvalue weighted by molar-refractivity contribution is 8.01. The number of rotatable bonds is 3. The highest BCUT2D eigenvalue weighted by Gasteiger charge is 2.45. The molecule has 0 bridgehead atoms. The smallest absolute Gasteiger partial charge is 0.239 e. The molecule has 3 nitrogen and oxygen atoms in total. The number of β-amino-alcohol motifs (C(OH)–C–C–N with tert-alkyl or cyclic N) is 1. The van der Waals surface area contributed by atoms with E-state index < -0.39 is 0 Å². The molecule has 0 unspecified atom stereocenters. The van der Waals surface area contributed by atoms with Gasteiger partial charge in [-0.2, -0.15) is 0 Å². The summed E-state index contributed by atoms with van der Waals surface area (Å²) in [7, 11) is 0. The highest BCUT2D eigenvalue weighted by atomic mass is 32.2. The van der Waals surface area contributed by atoms with Gasteiger partial charge in [-0.1, -0.05) is 30.5 Å². The first-order valence-electron chi connectivity index (χ1n) is 7.82. The van der Waals surface area contributed by atoms with Crippen molar-refractivity contribution >= 4 is 17.7 Å². The van der Waals surface area contributed by atoms with Gasteiger partial charge in [0.2, 0.25) is 5.91 Å². The summed E-state index contributed by atoms with van der Waals surface area (Å²) in [5, 5.41) is 9.69. The summed E-state index contributed by atoms with van der Waals surface area (Å²) in [4.78, 5) is 16.0. The fourth-order valence-electron chi connectivity index (χ4n) is 3.35. The Bertz CT molecular complexity index is 508. The predicted molar refractivity (Wildman–Crippen MR) is 85.4 cm³/mol.